The molecule has 0 bridgehead atoms. The summed E-state index contributed by atoms with van der Waals surface area (Å²) < 4.78 is 19.2. The lowest BCUT2D eigenvalue weighted by atomic mass is 9.98. The molecule has 0 fully saturated rings. The Morgan fingerprint density at radius 2 is 1.83 bits per heavy atom. The quantitative estimate of drug-likeness (QED) is 0.638. The fourth-order valence-electron chi connectivity index (χ4n) is 3.21. The predicted octanol–water partition coefficient (Wildman–Crippen LogP) is 4.95. The van der Waals surface area contributed by atoms with Crippen LogP contribution in [0.2, 0.25) is 0 Å². The van der Waals surface area contributed by atoms with E-state index in [2.05, 4.69) is 17.1 Å². The molecule has 3 heteroatoms. The largest absolute Gasteiger partial charge is 0.486 e. The van der Waals surface area contributed by atoms with Gasteiger partial charge in [0.25, 0.3) is 0 Å². The standard InChI is InChI=1S/C20H16FNO/c21-20-12-9-14(13-22-20)16-7-4-8-18-17(16)10-11-19(18)23-15-5-2-1-3-6-15/h1-9,12-13,19H,10-11H2/t19-/m1/s1. The Hall–Kier alpha value is -2.68. The molecule has 1 aliphatic carbocycles. The molecular weight excluding hydrogens is 289 g/mol. The van der Waals surface area contributed by atoms with Gasteiger partial charge in [-0.15, -0.1) is 0 Å². The Balaban J connectivity index is 1.68. The van der Waals surface area contributed by atoms with Crippen molar-refractivity contribution in [3.8, 4) is 16.9 Å². The van der Waals surface area contributed by atoms with Crippen LogP contribution >= 0.6 is 0 Å². The summed E-state index contributed by atoms with van der Waals surface area (Å²) in [5, 5.41) is 0. The maximum Gasteiger partial charge on any atom is 0.212 e. The molecule has 0 N–H and O–H groups in total. The van der Waals surface area contributed by atoms with Crippen molar-refractivity contribution in [1.29, 1.82) is 0 Å². The van der Waals surface area contributed by atoms with Crippen molar-refractivity contribution in [2.75, 3.05) is 0 Å². The lowest BCUT2D eigenvalue weighted by Crippen LogP contribution is -2.03. The maximum atomic E-state index is 13.0. The zero-order valence-electron chi connectivity index (χ0n) is 12.6. The first kappa shape index (κ1) is 13.9. The minimum absolute atomic E-state index is 0.0701. The van der Waals surface area contributed by atoms with Crippen molar-refractivity contribution in [2.45, 2.75) is 18.9 Å². The molecule has 2 nitrogen and oxygen atoms in total. The number of nitrogens with zero attached hydrogens (tertiary/aromatic N) is 1. The van der Waals surface area contributed by atoms with Gasteiger partial charge in [-0.25, -0.2) is 4.98 Å². The Morgan fingerprint density at radius 3 is 2.61 bits per heavy atom. The number of hydrogen-bond donors (Lipinski definition) is 0. The van der Waals surface area contributed by atoms with Gasteiger partial charge in [0.2, 0.25) is 5.95 Å². The molecule has 0 amide bonds. The summed E-state index contributed by atoms with van der Waals surface area (Å²) in [6.07, 6.45) is 3.58. The maximum absolute atomic E-state index is 13.0. The molecule has 0 saturated carbocycles. The number of aromatic nitrogens is 1. The first-order valence-electron chi connectivity index (χ1n) is 7.77. The third kappa shape index (κ3) is 2.70. The van der Waals surface area contributed by atoms with Gasteiger partial charge in [-0.1, -0.05) is 36.4 Å². The summed E-state index contributed by atoms with van der Waals surface area (Å²) in [7, 11) is 0. The number of hydrogen-bond acceptors (Lipinski definition) is 2. The van der Waals surface area contributed by atoms with E-state index in [9.17, 15) is 4.39 Å². The molecular formula is C20H16FNO. The lowest BCUT2D eigenvalue weighted by molar-refractivity contribution is 0.207. The molecule has 1 heterocycles. The van der Waals surface area contributed by atoms with Gasteiger partial charge in [-0.2, -0.15) is 4.39 Å². The molecule has 114 valence electrons. The molecule has 0 aliphatic heterocycles. The van der Waals surface area contributed by atoms with Crippen LogP contribution in [0.4, 0.5) is 4.39 Å². The highest BCUT2D eigenvalue weighted by Crippen LogP contribution is 2.39. The first-order chi connectivity index (χ1) is 11.3. The molecule has 0 saturated heterocycles. The predicted molar refractivity (Wildman–Crippen MR) is 87.8 cm³/mol. The van der Waals surface area contributed by atoms with Gasteiger partial charge >= 0.3 is 0 Å². The molecule has 0 radical (unpaired) electrons. The minimum atomic E-state index is -0.452. The number of fused-ring (bicyclic) bond motifs is 1. The molecule has 1 atom stereocenters. The van der Waals surface area contributed by atoms with Crippen LogP contribution in [-0.4, -0.2) is 4.98 Å². The van der Waals surface area contributed by atoms with E-state index in [1.807, 2.05) is 36.4 Å². The fourth-order valence-corrected chi connectivity index (χ4v) is 3.21. The van der Waals surface area contributed by atoms with Crippen LogP contribution in [0.1, 0.15) is 23.7 Å². The Labute approximate surface area is 134 Å². The summed E-state index contributed by atoms with van der Waals surface area (Å²) in [6, 6.07) is 19.3. The summed E-state index contributed by atoms with van der Waals surface area (Å²) in [5.74, 6) is 0.436. The Bertz CT molecular complexity index is 815. The monoisotopic (exact) mass is 305 g/mol. The Kier molecular flexibility index (Phi) is 3.54. The highest BCUT2D eigenvalue weighted by atomic mass is 19.1. The van der Waals surface area contributed by atoms with Crippen LogP contribution in [0.3, 0.4) is 0 Å². The van der Waals surface area contributed by atoms with Gasteiger partial charge in [-0.3, -0.25) is 0 Å². The lowest BCUT2D eigenvalue weighted by Gasteiger charge is -2.15. The zero-order chi connectivity index (χ0) is 15.6. The molecule has 1 aromatic heterocycles. The third-order valence-corrected chi connectivity index (χ3v) is 4.28. The topological polar surface area (TPSA) is 22.1 Å². The molecule has 4 rings (SSSR count). The van der Waals surface area contributed by atoms with Crippen LogP contribution in [-0.2, 0) is 6.42 Å². The highest BCUT2D eigenvalue weighted by Gasteiger charge is 2.26. The molecule has 23 heavy (non-hydrogen) atoms. The second kappa shape index (κ2) is 5.84. The molecule has 2 aromatic carbocycles. The average molecular weight is 305 g/mol. The number of rotatable bonds is 3. The Morgan fingerprint density at radius 1 is 0.957 bits per heavy atom. The van der Waals surface area contributed by atoms with E-state index in [-0.39, 0.29) is 6.10 Å². The number of halogens is 1. The van der Waals surface area contributed by atoms with E-state index in [0.29, 0.717) is 0 Å². The summed E-state index contributed by atoms with van der Waals surface area (Å²) >= 11 is 0. The van der Waals surface area contributed by atoms with Crippen molar-refractivity contribution in [1.82, 2.24) is 4.98 Å². The number of para-hydroxylation sites is 1. The molecule has 0 spiro atoms. The van der Waals surface area contributed by atoms with Gasteiger partial charge in [0.1, 0.15) is 11.9 Å². The second-order valence-corrected chi connectivity index (χ2v) is 5.70. The van der Waals surface area contributed by atoms with Crippen molar-refractivity contribution >= 4 is 0 Å². The van der Waals surface area contributed by atoms with Crippen molar-refractivity contribution in [2.24, 2.45) is 0 Å². The summed E-state index contributed by atoms with van der Waals surface area (Å²) in [6.45, 7) is 0. The summed E-state index contributed by atoms with van der Waals surface area (Å²) in [5.41, 5.74) is 4.57. The second-order valence-electron chi connectivity index (χ2n) is 5.70. The number of pyridine rings is 1. The van der Waals surface area contributed by atoms with Gasteiger partial charge < -0.3 is 4.74 Å². The number of ether oxygens (including phenoxy) is 1. The molecule has 3 aromatic rings. The third-order valence-electron chi connectivity index (χ3n) is 4.28. The van der Waals surface area contributed by atoms with E-state index in [0.717, 1.165) is 29.7 Å². The minimum Gasteiger partial charge on any atom is -0.486 e. The zero-order valence-corrected chi connectivity index (χ0v) is 12.6. The van der Waals surface area contributed by atoms with Crippen molar-refractivity contribution in [3.63, 3.8) is 0 Å². The van der Waals surface area contributed by atoms with Gasteiger partial charge in [0.05, 0.1) is 0 Å². The average Bonchev–Trinajstić information content (AvgIpc) is 3.00. The van der Waals surface area contributed by atoms with Gasteiger partial charge in [0.15, 0.2) is 0 Å². The smallest absolute Gasteiger partial charge is 0.212 e. The van der Waals surface area contributed by atoms with Crippen LogP contribution in [0, 0.1) is 5.95 Å². The first-order valence-corrected chi connectivity index (χ1v) is 7.77. The van der Waals surface area contributed by atoms with Gasteiger partial charge in [0, 0.05) is 11.8 Å². The van der Waals surface area contributed by atoms with E-state index in [4.69, 9.17) is 4.74 Å². The summed E-state index contributed by atoms with van der Waals surface area (Å²) in [4.78, 5) is 3.77. The molecule has 1 aliphatic rings. The van der Waals surface area contributed by atoms with E-state index in [1.165, 1.54) is 17.2 Å². The van der Waals surface area contributed by atoms with Crippen molar-refractivity contribution < 1.29 is 9.13 Å². The fraction of sp³-hybridized carbons (Fsp3) is 0.150. The van der Waals surface area contributed by atoms with Crippen LogP contribution in [0.15, 0.2) is 66.9 Å². The molecule has 0 unspecified atom stereocenters. The van der Waals surface area contributed by atoms with E-state index >= 15 is 0 Å². The van der Waals surface area contributed by atoms with Gasteiger partial charge in [-0.05, 0) is 53.8 Å². The van der Waals surface area contributed by atoms with Crippen LogP contribution < -0.4 is 4.74 Å². The van der Waals surface area contributed by atoms with E-state index in [1.54, 1.807) is 12.3 Å². The highest BCUT2D eigenvalue weighted by molar-refractivity contribution is 5.69. The van der Waals surface area contributed by atoms with Crippen molar-refractivity contribution in [3.05, 3.63) is 83.9 Å². The van der Waals surface area contributed by atoms with Crippen LogP contribution in [0.25, 0.3) is 11.1 Å². The SMILES string of the molecule is Fc1ccc(-c2cccc3c2CC[C@H]3Oc2ccccc2)cn1. The van der Waals surface area contributed by atoms with Crippen LogP contribution in [0.5, 0.6) is 5.75 Å². The van der Waals surface area contributed by atoms with E-state index < -0.39 is 5.95 Å². The number of benzene rings is 2. The normalized spacial score (nSPS) is 16.1.